The van der Waals surface area contributed by atoms with Crippen LogP contribution < -0.4 is 0 Å². The highest BCUT2D eigenvalue weighted by Gasteiger charge is 2.00. The molecule has 0 saturated carbocycles. The van der Waals surface area contributed by atoms with Gasteiger partial charge in [0.1, 0.15) is 5.01 Å². The second-order valence-electron chi connectivity index (χ2n) is 2.05. The van der Waals surface area contributed by atoms with Gasteiger partial charge < -0.3 is 0 Å². The zero-order valence-corrected chi connectivity index (χ0v) is 6.99. The Hall–Kier alpha value is -0.960. The molecule has 0 bridgehead atoms. The van der Waals surface area contributed by atoms with Crippen LogP contribution in [0.25, 0.3) is 5.57 Å². The minimum Gasteiger partial charge on any atom is -0.242 e. The predicted octanol–water partition coefficient (Wildman–Crippen LogP) is 2.87. The molecule has 0 aliphatic rings. The van der Waals surface area contributed by atoms with Gasteiger partial charge in [-0.3, -0.25) is 0 Å². The van der Waals surface area contributed by atoms with Crippen LogP contribution in [0.3, 0.4) is 0 Å². The highest BCUT2D eigenvalue weighted by molar-refractivity contribution is 7.11. The van der Waals surface area contributed by atoms with Crippen LogP contribution in [0.2, 0.25) is 0 Å². The molecule has 0 saturated heterocycles. The maximum Gasteiger partial charge on any atom is 0.196 e. The largest absolute Gasteiger partial charge is 0.242 e. The molecule has 0 N–H and O–H groups in total. The minimum atomic E-state index is -0.253. The number of hydrogen-bond donors (Lipinski definition) is 0. The highest BCUT2D eigenvalue weighted by Crippen LogP contribution is 2.18. The normalized spacial score (nSPS) is 11.6. The molecule has 0 atom stereocenters. The second kappa shape index (κ2) is 3.44. The number of thiazole rings is 1. The maximum atomic E-state index is 12.4. The molecule has 1 aromatic heterocycles. The zero-order valence-electron chi connectivity index (χ0n) is 6.17. The Labute approximate surface area is 68.9 Å². The molecule has 1 rings (SSSR count). The van der Waals surface area contributed by atoms with Crippen LogP contribution in [0, 0.1) is 5.13 Å². The van der Waals surface area contributed by atoms with Crippen molar-refractivity contribution in [3.05, 3.63) is 35.1 Å². The van der Waals surface area contributed by atoms with Gasteiger partial charge in [-0.2, -0.15) is 4.39 Å². The lowest BCUT2D eigenvalue weighted by atomic mass is 10.3. The van der Waals surface area contributed by atoms with Gasteiger partial charge in [0.2, 0.25) is 0 Å². The van der Waals surface area contributed by atoms with E-state index in [1.54, 1.807) is 12.2 Å². The van der Waals surface area contributed by atoms with E-state index in [4.69, 9.17) is 0 Å². The van der Waals surface area contributed by atoms with Crippen LogP contribution in [0.5, 0.6) is 0 Å². The lowest BCUT2D eigenvalue weighted by Gasteiger charge is -1.89. The molecule has 0 aliphatic carbocycles. The summed E-state index contributed by atoms with van der Waals surface area (Å²) in [5, 5.41) is 0.458. The zero-order chi connectivity index (χ0) is 8.27. The number of hydrogen-bond acceptors (Lipinski definition) is 2. The van der Waals surface area contributed by atoms with Crippen LogP contribution in [0.15, 0.2) is 24.9 Å². The average molecular weight is 169 g/mol. The first-order valence-electron chi connectivity index (χ1n) is 3.15. The third-order valence-corrected chi connectivity index (χ3v) is 2.10. The molecule has 0 radical (unpaired) electrons. The molecular weight excluding hydrogens is 161 g/mol. The number of rotatable bonds is 2. The fourth-order valence-corrected chi connectivity index (χ4v) is 1.31. The van der Waals surface area contributed by atoms with Crippen molar-refractivity contribution in [2.24, 2.45) is 0 Å². The summed E-state index contributed by atoms with van der Waals surface area (Å²) in [6.45, 7) is 5.41. The van der Waals surface area contributed by atoms with E-state index in [0.717, 1.165) is 16.9 Å². The lowest BCUT2D eigenvalue weighted by molar-refractivity contribution is 0.653. The quantitative estimate of drug-likeness (QED) is 0.620. The number of aromatic nitrogens is 1. The standard InChI is InChI=1S/C8H8FNS/c1-3-4-6(2)8-10-5-7(9)11-8/h3-5H,1H2,2H3/b6-4-. The number of allylic oxidation sites excluding steroid dienone is 3. The Bertz CT molecular complexity index is 288. The van der Waals surface area contributed by atoms with Gasteiger partial charge in [0.25, 0.3) is 0 Å². The molecule has 0 fully saturated rings. The molecule has 58 valence electrons. The van der Waals surface area contributed by atoms with E-state index in [9.17, 15) is 4.39 Å². The van der Waals surface area contributed by atoms with E-state index in [2.05, 4.69) is 11.6 Å². The van der Waals surface area contributed by atoms with Crippen molar-refractivity contribution in [2.45, 2.75) is 6.92 Å². The van der Waals surface area contributed by atoms with Gasteiger partial charge in [-0.15, -0.1) is 0 Å². The summed E-state index contributed by atoms with van der Waals surface area (Å²) in [4.78, 5) is 3.86. The SMILES string of the molecule is C=C/C=C(/C)c1ncc(F)s1. The van der Waals surface area contributed by atoms with Crippen molar-refractivity contribution in [1.82, 2.24) is 4.98 Å². The van der Waals surface area contributed by atoms with Crippen molar-refractivity contribution in [3.63, 3.8) is 0 Å². The van der Waals surface area contributed by atoms with Crippen molar-refractivity contribution in [2.75, 3.05) is 0 Å². The van der Waals surface area contributed by atoms with Gasteiger partial charge in [-0.05, 0) is 12.5 Å². The molecule has 1 heterocycles. The second-order valence-corrected chi connectivity index (χ2v) is 3.04. The molecule has 3 heteroatoms. The summed E-state index contributed by atoms with van der Waals surface area (Å²) in [5.74, 6) is 0. The Balaban J connectivity index is 2.93. The van der Waals surface area contributed by atoms with Gasteiger partial charge in [-0.25, -0.2) is 4.98 Å². The fraction of sp³-hybridized carbons (Fsp3) is 0.125. The average Bonchev–Trinajstić information content (AvgIpc) is 2.36. The van der Waals surface area contributed by atoms with Crippen LogP contribution in [0.1, 0.15) is 11.9 Å². The van der Waals surface area contributed by atoms with Gasteiger partial charge in [0.05, 0.1) is 6.20 Å². The predicted molar refractivity (Wildman–Crippen MR) is 45.9 cm³/mol. The molecule has 0 aliphatic heterocycles. The molecule has 0 amide bonds. The third-order valence-electron chi connectivity index (χ3n) is 1.18. The van der Waals surface area contributed by atoms with E-state index < -0.39 is 0 Å². The fourth-order valence-electron chi connectivity index (χ4n) is 0.685. The molecule has 11 heavy (non-hydrogen) atoms. The Morgan fingerprint density at radius 1 is 1.82 bits per heavy atom. The van der Waals surface area contributed by atoms with Crippen LogP contribution in [-0.4, -0.2) is 4.98 Å². The molecule has 0 aromatic carbocycles. The summed E-state index contributed by atoms with van der Waals surface area (Å²) < 4.78 is 12.4. The van der Waals surface area contributed by atoms with Crippen molar-refractivity contribution < 1.29 is 4.39 Å². The summed E-state index contributed by atoms with van der Waals surface area (Å²) in [6, 6.07) is 0. The van der Waals surface area contributed by atoms with Crippen molar-refractivity contribution in [3.8, 4) is 0 Å². The molecule has 0 unspecified atom stereocenters. The Morgan fingerprint density at radius 2 is 2.55 bits per heavy atom. The van der Waals surface area contributed by atoms with Crippen LogP contribution >= 0.6 is 11.3 Å². The molecule has 1 nitrogen and oxygen atoms in total. The summed E-state index contributed by atoms with van der Waals surface area (Å²) >= 11 is 1.04. The van der Waals surface area contributed by atoms with Crippen molar-refractivity contribution in [1.29, 1.82) is 0 Å². The molecular formula is C8H8FNS. The van der Waals surface area contributed by atoms with Crippen molar-refractivity contribution >= 4 is 16.9 Å². The molecule has 1 aromatic rings. The molecule has 0 spiro atoms. The minimum absolute atomic E-state index is 0.253. The first-order valence-corrected chi connectivity index (χ1v) is 3.96. The summed E-state index contributed by atoms with van der Waals surface area (Å²) in [7, 11) is 0. The summed E-state index contributed by atoms with van der Waals surface area (Å²) in [6.07, 6.45) is 4.69. The highest BCUT2D eigenvalue weighted by atomic mass is 32.1. The lowest BCUT2D eigenvalue weighted by Crippen LogP contribution is -1.73. The first-order chi connectivity index (χ1) is 5.24. The van der Waals surface area contributed by atoms with Gasteiger partial charge in [0, 0.05) is 0 Å². The van der Waals surface area contributed by atoms with E-state index in [1.807, 2.05) is 6.92 Å². The monoisotopic (exact) mass is 169 g/mol. The third kappa shape index (κ3) is 1.98. The maximum absolute atomic E-state index is 12.4. The van der Waals surface area contributed by atoms with Gasteiger partial charge in [-0.1, -0.05) is 30.1 Å². The van der Waals surface area contributed by atoms with Gasteiger partial charge >= 0.3 is 0 Å². The number of halogens is 1. The van der Waals surface area contributed by atoms with Gasteiger partial charge in [0.15, 0.2) is 5.13 Å². The van der Waals surface area contributed by atoms with E-state index >= 15 is 0 Å². The Morgan fingerprint density at radius 3 is 3.00 bits per heavy atom. The first kappa shape index (κ1) is 8.14. The van der Waals surface area contributed by atoms with E-state index in [1.165, 1.54) is 6.20 Å². The van der Waals surface area contributed by atoms with E-state index in [0.29, 0.717) is 5.01 Å². The van der Waals surface area contributed by atoms with E-state index in [-0.39, 0.29) is 5.13 Å². The summed E-state index contributed by atoms with van der Waals surface area (Å²) in [5.41, 5.74) is 0.939. The number of nitrogens with zero attached hydrogens (tertiary/aromatic N) is 1. The Kier molecular flexibility index (Phi) is 2.54. The smallest absolute Gasteiger partial charge is 0.196 e. The topological polar surface area (TPSA) is 12.9 Å². The van der Waals surface area contributed by atoms with Crippen LogP contribution in [0.4, 0.5) is 4.39 Å². The van der Waals surface area contributed by atoms with Crippen LogP contribution in [-0.2, 0) is 0 Å².